The Kier molecular flexibility index (Phi) is 5.26. The molecule has 0 amide bonds. The van der Waals surface area contributed by atoms with Crippen molar-refractivity contribution in [2.75, 3.05) is 26.2 Å². The maximum atomic E-state index is 4.51. The molecule has 0 unspecified atom stereocenters. The first-order valence-corrected chi connectivity index (χ1v) is 10.00. The van der Waals surface area contributed by atoms with Crippen LogP contribution in [0.2, 0.25) is 0 Å². The van der Waals surface area contributed by atoms with Gasteiger partial charge >= 0.3 is 0 Å². The first kappa shape index (κ1) is 16.9. The van der Waals surface area contributed by atoms with E-state index >= 15 is 0 Å². The summed E-state index contributed by atoms with van der Waals surface area (Å²) in [6.45, 7) is 6.23. The van der Waals surface area contributed by atoms with Gasteiger partial charge in [0.05, 0.1) is 16.1 Å². The summed E-state index contributed by atoms with van der Waals surface area (Å²) in [6, 6.07) is 10.5. The minimum absolute atomic E-state index is 0.836. The Labute approximate surface area is 160 Å². The highest BCUT2D eigenvalue weighted by molar-refractivity contribution is 9.11. The van der Waals surface area contributed by atoms with Crippen molar-refractivity contribution in [3.05, 3.63) is 57.6 Å². The average Bonchev–Trinajstić information content (AvgIpc) is 3.26. The van der Waals surface area contributed by atoms with Gasteiger partial charge in [0.1, 0.15) is 0 Å². The molecule has 3 aromatic rings. The fraction of sp³-hybridized carbons (Fsp3) is 0.333. The second-order valence-corrected chi connectivity index (χ2v) is 8.74. The van der Waals surface area contributed by atoms with Gasteiger partial charge in [-0.3, -0.25) is 19.5 Å². The van der Waals surface area contributed by atoms with Crippen LogP contribution in [0.1, 0.15) is 4.88 Å². The highest BCUT2D eigenvalue weighted by Crippen LogP contribution is 2.24. The first-order valence-electron chi connectivity index (χ1n) is 8.39. The topological polar surface area (TPSA) is 37.2 Å². The number of hydrogen-bond donors (Lipinski definition) is 0. The van der Waals surface area contributed by atoms with E-state index in [4.69, 9.17) is 0 Å². The Bertz CT molecular complexity index is 808. The molecule has 0 radical (unpaired) electrons. The summed E-state index contributed by atoms with van der Waals surface area (Å²) >= 11 is 5.37. The molecule has 130 valence electrons. The fourth-order valence-corrected chi connectivity index (χ4v) is 4.67. The van der Waals surface area contributed by atoms with E-state index in [1.54, 1.807) is 0 Å². The van der Waals surface area contributed by atoms with E-state index in [0.717, 1.165) is 50.6 Å². The van der Waals surface area contributed by atoms with Crippen LogP contribution in [0.25, 0.3) is 11.3 Å². The molecule has 0 bridgehead atoms. The lowest BCUT2D eigenvalue weighted by atomic mass is 10.2. The number of thiophene rings is 1. The van der Waals surface area contributed by atoms with Crippen molar-refractivity contribution in [2.24, 2.45) is 0 Å². The van der Waals surface area contributed by atoms with Crippen LogP contribution in [-0.2, 0) is 13.2 Å². The van der Waals surface area contributed by atoms with Gasteiger partial charge in [-0.15, -0.1) is 11.3 Å². The molecule has 4 rings (SSSR count). The lowest BCUT2D eigenvalue weighted by molar-refractivity contribution is 0.1000. The smallest absolute Gasteiger partial charge is 0.0936 e. The Morgan fingerprint density at radius 1 is 0.920 bits per heavy atom. The van der Waals surface area contributed by atoms with E-state index in [1.807, 2.05) is 42.1 Å². The monoisotopic (exact) mass is 417 g/mol. The molecule has 3 aromatic heterocycles. The molecule has 0 spiro atoms. The van der Waals surface area contributed by atoms with E-state index in [0.29, 0.717) is 0 Å². The maximum Gasteiger partial charge on any atom is 0.0936 e. The molecule has 0 aliphatic carbocycles. The molecule has 1 fully saturated rings. The zero-order valence-electron chi connectivity index (χ0n) is 13.9. The zero-order valence-corrected chi connectivity index (χ0v) is 16.3. The van der Waals surface area contributed by atoms with Gasteiger partial charge < -0.3 is 0 Å². The highest BCUT2D eigenvalue weighted by Gasteiger charge is 2.18. The van der Waals surface area contributed by atoms with E-state index in [9.17, 15) is 0 Å². The summed E-state index contributed by atoms with van der Waals surface area (Å²) in [6.07, 6.45) is 5.53. The largest absolute Gasteiger partial charge is 0.296 e. The molecule has 1 aliphatic rings. The molecule has 0 saturated carbocycles. The molecule has 25 heavy (non-hydrogen) atoms. The third-order valence-corrected chi connectivity index (χ3v) is 6.11. The summed E-state index contributed by atoms with van der Waals surface area (Å²) in [5, 5.41) is 4.51. The van der Waals surface area contributed by atoms with Crippen LogP contribution in [0.5, 0.6) is 0 Å². The van der Waals surface area contributed by atoms with Crippen molar-refractivity contribution in [3.63, 3.8) is 0 Å². The summed E-state index contributed by atoms with van der Waals surface area (Å²) in [4.78, 5) is 10.5. The van der Waals surface area contributed by atoms with Gasteiger partial charge in [-0.25, -0.2) is 0 Å². The third kappa shape index (κ3) is 4.17. The molecule has 0 N–H and O–H groups in total. The summed E-state index contributed by atoms with van der Waals surface area (Å²) in [7, 11) is 0. The molecule has 4 heterocycles. The lowest BCUT2D eigenvalue weighted by Crippen LogP contribution is -2.46. The summed E-state index contributed by atoms with van der Waals surface area (Å²) < 4.78 is 3.30. The summed E-state index contributed by atoms with van der Waals surface area (Å²) in [5.74, 6) is 0. The van der Waals surface area contributed by atoms with Crippen LogP contribution in [0.15, 0.2) is 52.7 Å². The number of aromatic nitrogens is 3. The van der Waals surface area contributed by atoms with Crippen LogP contribution in [0, 0.1) is 0 Å². The van der Waals surface area contributed by atoms with E-state index in [1.165, 1.54) is 8.66 Å². The number of nitrogens with zero attached hydrogens (tertiary/aromatic N) is 5. The van der Waals surface area contributed by atoms with Crippen molar-refractivity contribution in [3.8, 4) is 11.3 Å². The molecule has 1 aliphatic heterocycles. The molecule has 0 aromatic carbocycles. The number of piperazine rings is 1. The van der Waals surface area contributed by atoms with Gasteiger partial charge in [-0.1, -0.05) is 0 Å². The van der Waals surface area contributed by atoms with Crippen molar-refractivity contribution in [1.29, 1.82) is 0 Å². The minimum Gasteiger partial charge on any atom is -0.296 e. The predicted octanol–water partition coefficient (Wildman–Crippen LogP) is 3.54. The van der Waals surface area contributed by atoms with Crippen molar-refractivity contribution < 1.29 is 0 Å². The van der Waals surface area contributed by atoms with Crippen LogP contribution in [0.4, 0.5) is 0 Å². The first-order chi connectivity index (χ1) is 12.3. The fourth-order valence-electron chi connectivity index (χ4n) is 3.15. The predicted molar refractivity (Wildman–Crippen MR) is 104 cm³/mol. The zero-order chi connectivity index (χ0) is 17.1. The molecule has 7 heteroatoms. The van der Waals surface area contributed by atoms with Crippen molar-refractivity contribution >= 4 is 27.3 Å². The van der Waals surface area contributed by atoms with Crippen LogP contribution in [-0.4, -0.2) is 50.7 Å². The maximum absolute atomic E-state index is 4.51. The normalized spacial score (nSPS) is 16.4. The van der Waals surface area contributed by atoms with E-state index < -0.39 is 0 Å². The Hall–Kier alpha value is -1.54. The minimum atomic E-state index is 0.836. The Morgan fingerprint density at radius 2 is 1.68 bits per heavy atom. The molecule has 1 saturated heterocycles. The second-order valence-electron chi connectivity index (χ2n) is 6.19. The van der Waals surface area contributed by atoms with Gasteiger partial charge in [0, 0.05) is 61.8 Å². The SMILES string of the molecule is Brc1ccc(CN2CCN(Cn3nccc3-c3ccncc3)CC2)s1. The Balaban J connectivity index is 1.34. The third-order valence-electron chi connectivity index (χ3n) is 4.50. The standard InChI is InChI=1S/C18H20BrN5S/c19-18-2-1-16(25-18)13-22-9-11-23(12-10-22)14-24-17(5-8-21-24)15-3-6-20-7-4-15/h1-8H,9-14H2. The second kappa shape index (κ2) is 7.78. The molecule has 0 atom stereocenters. The van der Waals surface area contributed by atoms with Crippen LogP contribution >= 0.6 is 27.3 Å². The number of rotatable bonds is 5. The summed E-state index contributed by atoms with van der Waals surface area (Å²) in [5.41, 5.74) is 2.31. The van der Waals surface area contributed by atoms with E-state index in [2.05, 4.69) is 58.7 Å². The van der Waals surface area contributed by atoms with Gasteiger partial charge in [0.25, 0.3) is 0 Å². The van der Waals surface area contributed by atoms with Crippen LogP contribution in [0.3, 0.4) is 0 Å². The molecular formula is C18H20BrN5S. The van der Waals surface area contributed by atoms with Gasteiger partial charge in [0.15, 0.2) is 0 Å². The number of halogens is 1. The quantitative estimate of drug-likeness (QED) is 0.635. The Morgan fingerprint density at radius 3 is 2.40 bits per heavy atom. The number of pyridine rings is 1. The van der Waals surface area contributed by atoms with Gasteiger partial charge in [-0.05, 0) is 46.3 Å². The molecular weight excluding hydrogens is 398 g/mol. The van der Waals surface area contributed by atoms with Gasteiger partial charge in [0.2, 0.25) is 0 Å². The van der Waals surface area contributed by atoms with Crippen molar-refractivity contribution in [2.45, 2.75) is 13.2 Å². The molecule has 5 nitrogen and oxygen atoms in total. The highest BCUT2D eigenvalue weighted by atomic mass is 79.9. The number of hydrogen-bond acceptors (Lipinski definition) is 5. The van der Waals surface area contributed by atoms with Crippen LogP contribution < -0.4 is 0 Å². The van der Waals surface area contributed by atoms with Crippen molar-refractivity contribution in [1.82, 2.24) is 24.6 Å². The average molecular weight is 418 g/mol. The van der Waals surface area contributed by atoms with Gasteiger partial charge in [-0.2, -0.15) is 5.10 Å². The lowest BCUT2D eigenvalue weighted by Gasteiger charge is -2.34. The van der Waals surface area contributed by atoms with E-state index in [-0.39, 0.29) is 0 Å².